The first kappa shape index (κ1) is 15.1. The van der Waals surface area contributed by atoms with E-state index in [0.29, 0.717) is 6.04 Å². The number of benzene rings is 1. The smallest absolute Gasteiger partial charge is 0.127 e. The molecule has 1 aromatic heterocycles. The van der Waals surface area contributed by atoms with Crippen LogP contribution in [0, 0.1) is 0 Å². The van der Waals surface area contributed by atoms with Crippen molar-refractivity contribution in [2.24, 2.45) is 0 Å². The largest absolute Gasteiger partial charge is 0.324 e. The minimum absolute atomic E-state index is 0.133. The van der Waals surface area contributed by atoms with Crippen molar-refractivity contribution in [2.75, 3.05) is 7.05 Å². The highest BCUT2D eigenvalue weighted by molar-refractivity contribution is 6.35. The Morgan fingerprint density at radius 3 is 2.71 bits per heavy atom. The van der Waals surface area contributed by atoms with E-state index in [9.17, 15) is 0 Å². The quantitative estimate of drug-likeness (QED) is 0.756. The third-order valence-corrected chi connectivity index (χ3v) is 4.87. The van der Waals surface area contributed by atoms with E-state index in [4.69, 9.17) is 23.2 Å². The number of rotatable bonds is 5. The fraction of sp³-hybridized carbons (Fsp3) is 0.562. The molecule has 0 saturated heterocycles. The van der Waals surface area contributed by atoms with Crippen LogP contribution < -0.4 is 0 Å². The van der Waals surface area contributed by atoms with Crippen LogP contribution in [0.3, 0.4) is 0 Å². The summed E-state index contributed by atoms with van der Waals surface area (Å²) in [7, 11) is 2.20. The lowest BCUT2D eigenvalue weighted by atomic mass is 10.2. The van der Waals surface area contributed by atoms with Crippen LogP contribution in [0.5, 0.6) is 0 Å². The first-order valence-electron chi connectivity index (χ1n) is 7.49. The minimum atomic E-state index is -0.133. The van der Waals surface area contributed by atoms with Gasteiger partial charge in [-0.05, 0) is 45.9 Å². The lowest BCUT2D eigenvalue weighted by molar-refractivity contribution is 0.226. The van der Waals surface area contributed by atoms with Gasteiger partial charge in [-0.1, -0.05) is 17.7 Å². The summed E-state index contributed by atoms with van der Waals surface area (Å²) >= 11 is 12.7. The van der Waals surface area contributed by atoms with Crippen LogP contribution in [-0.4, -0.2) is 33.6 Å². The second kappa shape index (κ2) is 5.79. The maximum Gasteiger partial charge on any atom is 0.127 e. The molecule has 0 N–H and O–H groups in total. The Morgan fingerprint density at radius 1 is 1.38 bits per heavy atom. The van der Waals surface area contributed by atoms with E-state index in [1.165, 1.54) is 12.8 Å². The Hall–Kier alpha value is -0.770. The number of imidazole rings is 1. The molecule has 1 aliphatic carbocycles. The van der Waals surface area contributed by atoms with Crippen LogP contribution in [0.1, 0.15) is 37.9 Å². The van der Waals surface area contributed by atoms with Crippen molar-refractivity contribution in [2.45, 2.75) is 50.7 Å². The van der Waals surface area contributed by atoms with Gasteiger partial charge < -0.3 is 4.57 Å². The number of aromatic nitrogens is 2. The van der Waals surface area contributed by atoms with E-state index in [0.717, 1.165) is 34.5 Å². The normalized spacial score (nSPS) is 18.4. The molecule has 0 bridgehead atoms. The van der Waals surface area contributed by atoms with Crippen LogP contribution in [0.2, 0.25) is 5.02 Å². The first-order chi connectivity index (χ1) is 9.99. The van der Waals surface area contributed by atoms with Crippen molar-refractivity contribution in [1.29, 1.82) is 0 Å². The maximum absolute atomic E-state index is 6.40. The summed E-state index contributed by atoms with van der Waals surface area (Å²) in [6.07, 6.45) is 2.62. The van der Waals surface area contributed by atoms with Gasteiger partial charge in [0.05, 0.1) is 21.4 Å². The Bertz CT molecular complexity index is 646. The molecular formula is C16H21Cl2N3. The molecule has 1 aromatic carbocycles. The predicted octanol–water partition coefficient (Wildman–Crippen LogP) is 4.47. The van der Waals surface area contributed by atoms with Gasteiger partial charge in [0.2, 0.25) is 0 Å². The molecule has 1 fully saturated rings. The van der Waals surface area contributed by atoms with Gasteiger partial charge in [0.15, 0.2) is 0 Å². The lowest BCUT2D eigenvalue weighted by Crippen LogP contribution is -2.34. The number of nitrogens with zero attached hydrogens (tertiary/aromatic N) is 3. The van der Waals surface area contributed by atoms with E-state index >= 15 is 0 Å². The van der Waals surface area contributed by atoms with Gasteiger partial charge in [-0.3, -0.25) is 4.90 Å². The third-order valence-electron chi connectivity index (χ3n) is 4.37. The predicted molar refractivity (Wildman–Crippen MR) is 89.3 cm³/mol. The second-order valence-corrected chi connectivity index (χ2v) is 7.11. The molecule has 0 aliphatic heterocycles. The van der Waals surface area contributed by atoms with Crippen LogP contribution in [0.25, 0.3) is 11.0 Å². The van der Waals surface area contributed by atoms with Crippen LogP contribution in [-0.2, 0) is 6.54 Å². The zero-order chi connectivity index (χ0) is 15.1. The average molecular weight is 326 g/mol. The number of hydrogen-bond donors (Lipinski definition) is 0. The van der Waals surface area contributed by atoms with Crippen molar-refractivity contribution < 1.29 is 0 Å². The topological polar surface area (TPSA) is 21.1 Å². The zero-order valence-corrected chi connectivity index (χ0v) is 14.2. The molecule has 3 rings (SSSR count). The molecular weight excluding hydrogens is 305 g/mol. The fourth-order valence-corrected chi connectivity index (χ4v) is 3.32. The number of hydrogen-bond acceptors (Lipinski definition) is 2. The molecule has 5 heteroatoms. The third kappa shape index (κ3) is 2.92. The van der Waals surface area contributed by atoms with Crippen molar-refractivity contribution in [3.05, 3.63) is 29.0 Å². The standard InChI is InChI=1S/C16H21Cl2N3/c1-10(20(3)12-7-8-12)9-21-15-13(18)5-4-6-14(15)19-16(21)11(2)17/h4-6,10-12H,7-9H2,1-3H3. The number of fused-ring (bicyclic) bond motifs is 1. The molecule has 0 radical (unpaired) electrons. The lowest BCUT2D eigenvalue weighted by Gasteiger charge is -2.26. The average Bonchev–Trinajstić information content (AvgIpc) is 3.21. The van der Waals surface area contributed by atoms with Gasteiger partial charge in [-0.2, -0.15) is 0 Å². The van der Waals surface area contributed by atoms with E-state index in [1.54, 1.807) is 0 Å². The number of alkyl halides is 1. The van der Waals surface area contributed by atoms with Crippen LogP contribution >= 0.6 is 23.2 Å². The summed E-state index contributed by atoms with van der Waals surface area (Å²) in [5, 5.41) is 0.608. The fourth-order valence-electron chi connectivity index (χ4n) is 2.88. The zero-order valence-electron chi connectivity index (χ0n) is 12.7. The van der Waals surface area contributed by atoms with E-state index in [-0.39, 0.29) is 5.38 Å². The van der Waals surface area contributed by atoms with Crippen molar-refractivity contribution in [1.82, 2.24) is 14.5 Å². The molecule has 2 aromatic rings. The van der Waals surface area contributed by atoms with Gasteiger partial charge >= 0.3 is 0 Å². The monoisotopic (exact) mass is 325 g/mol. The maximum atomic E-state index is 6.40. The Kier molecular flexibility index (Phi) is 4.17. The second-order valence-electron chi connectivity index (χ2n) is 6.05. The number of likely N-dealkylation sites (N-methyl/N-ethyl adjacent to an activating group) is 1. The molecule has 0 amide bonds. The van der Waals surface area contributed by atoms with E-state index < -0.39 is 0 Å². The molecule has 2 atom stereocenters. The summed E-state index contributed by atoms with van der Waals surface area (Å²) in [6.45, 7) is 5.08. The highest BCUT2D eigenvalue weighted by Crippen LogP contribution is 2.31. The molecule has 1 heterocycles. The van der Waals surface area contributed by atoms with E-state index in [2.05, 4.69) is 28.4 Å². The minimum Gasteiger partial charge on any atom is -0.324 e. The van der Waals surface area contributed by atoms with Crippen molar-refractivity contribution in [3.8, 4) is 0 Å². The van der Waals surface area contributed by atoms with Gasteiger partial charge in [-0.15, -0.1) is 11.6 Å². The highest BCUT2D eigenvalue weighted by atomic mass is 35.5. The Morgan fingerprint density at radius 2 is 2.10 bits per heavy atom. The summed E-state index contributed by atoms with van der Waals surface area (Å²) in [4.78, 5) is 7.12. The number of para-hydroxylation sites is 1. The molecule has 2 unspecified atom stereocenters. The van der Waals surface area contributed by atoms with Gasteiger partial charge in [-0.25, -0.2) is 4.98 Å². The van der Waals surface area contributed by atoms with Gasteiger partial charge in [0.25, 0.3) is 0 Å². The highest BCUT2D eigenvalue weighted by Gasteiger charge is 2.30. The summed E-state index contributed by atoms with van der Waals surface area (Å²) in [6, 6.07) is 7.02. The van der Waals surface area contributed by atoms with E-state index in [1.807, 2.05) is 25.1 Å². The molecule has 21 heavy (non-hydrogen) atoms. The van der Waals surface area contributed by atoms with Crippen LogP contribution in [0.4, 0.5) is 0 Å². The van der Waals surface area contributed by atoms with Gasteiger partial charge in [0, 0.05) is 18.6 Å². The molecule has 1 aliphatic rings. The molecule has 3 nitrogen and oxygen atoms in total. The first-order valence-corrected chi connectivity index (χ1v) is 8.31. The van der Waals surface area contributed by atoms with Crippen molar-refractivity contribution in [3.63, 3.8) is 0 Å². The molecule has 114 valence electrons. The Labute approximate surface area is 135 Å². The molecule has 0 spiro atoms. The Balaban J connectivity index is 2.00. The van der Waals surface area contributed by atoms with Gasteiger partial charge in [0.1, 0.15) is 5.82 Å². The van der Waals surface area contributed by atoms with Crippen molar-refractivity contribution >= 4 is 34.2 Å². The SMILES string of the molecule is CC(Cl)c1nc2cccc(Cl)c2n1CC(C)N(C)C1CC1. The summed E-state index contributed by atoms with van der Waals surface area (Å²) < 4.78 is 2.19. The summed E-state index contributed by atoms with van der Waals surface area (Å²) in [5.41, 5.74) is 1.92. The van der Waals surface area contributed by atoms with Crippen LogP contribution in [0.15, 0.2) is 18.2 Å². The molecule has 1 saturated carbocycles. The number of halogens is 2. The summed E-state index contributed by atoms with van der Waals surface area (Å²) in [5.74, 6) is 0.899.